The lowest BCUT2D eigenvalue weighted by Gasteiger charge is -2.31. The van der Waals surface area contributed by atoms with E-state index < -0.39 is 10.2 Å². The van der Waals surface area contributed by atoms with E-state index in [9.17, 15) is 8.42 Å². The van der Waals surface area contributed by atoms with Crippen LogP contribution < -0.4 is 10.0 Å². The number of aryl methyl sites for hydroxylation is 1. The third-order valence-corrected chi connectivity index (χ3v) is 5.37. The fourth-order valence-electron chi connectivity index (χ4n) is 2.53. The number of piperidine rings is 1. The van der Waals surface area contributed by atoms with Gasteiger partial charge in [0.1, 0.15) is 0 Å². The highest BCUT2D eigenvalue weighted by Crippen LogP contribution is 2.18. The first-order valence-electron chi connectivity index (χ1n) is 7.44. The minimum Gasteiger partial charge on any atom is -0.317 e. The predicted molar refractivity (Wildman–Crippen MR) is 81.8 cm³/mol. The summed E-state index contributed by atoms with van der Waals surface area (Å²) in [5.41, 5.74) is 0.864. The molecule has 0 bridgehead atoms. The SMILES string of the molecule is CCNCC1CCN(S(=O)(=O)NCc2cnn(C)c2)CC1. The monoisotopic (exact) mass is 315 g/mol. The molecule has 1 fully saturated rings. The van der Waals surface area contributed by atoms with E-state index in [0.717, 1.165) is 31.5 Å². The zero-order valence-electron chi connectivity index (χ0n) is 12.7. The summed E-state index contributed by atoms with van der Waals surface area (Å²) in [6.07, 6.45) is 5.32. The highest BCUT2D eigenvalue weighted by atomic mass is 32.2. The third-order valence-electron chi connectivity index (χ3n) is 3.81. The number of hydrogen-bond acceptors (Lipinski definition) is 4. The van der Waals surface area contributed by atoms with E-state index in [1.54, 1.807) is 15.2 Å². The Kier molecular flexibility index (Phi) is 5.74. The summed E-state index contributed by atoms with van der Waals surface area (Å²) in [7, 11) is -1.58. The molecule has 0 saturated carbocycles. The van der Waals surface area contributed by atoms with Gasteiger partial charge in [-0.2, -0.15) is 22.5 Å². The molecule has 0 unspecified atom stereocenters. The maximum atomic E-state index is 12.3. The van der Waals surface area contributed by atoms with Crippen molar-refractivity contribution in [2.45, 2.75) is 26.3 Å². The molecule has 21 heavy (non-hydrogen) atoms. The van der Waals surface area contributed by atoms with Crippen LogP contribution in [0.3, 0.4) is 0 Å². The van der Waals surface area contributed by atoms with Crippen LogP contribution in [0.15, 0.2) is 12.4 Å². The zero-order chi connectivity index (χ0) is 15.3. The molecule has 1 aromatic rings. The summed E-state index contributed by atoms with van der Waals surface area (Å²) in [5, 5.41) is 7.36. The van der Waals surface area contributed by atoms with Gasteiger partial charge >= 0.3 is 0 Å². The zero-order valence-corrected chi connectivity index (χ0v) is 13.6. The van der Waals surface area contributed by atoms with Crippen molar-refractivity contribution in [2.75, 3.05) is 26.2 Å². The van der Waals surface area contributed by atoms with Crippen LogP contribution in [-0.2, 0) is 23.8 Å². The first-order valence-corrected chi connectivity index (χ1v) is 8.88. The van der Waals surface area contributed by atoms with E-state index in [0.29, 0.717) is 19.0 Å². The van der Waals surface area contributed by atoms with Crippen molar-refractivity contribution in [2.24, 2.45) is 13.0 Å². The summed E-state index contributed by atoms with van der Waals surface area (Å²) in [4.78, 5) is 0. The molecular weight excluding hydrogens is 290 g/mol. The van der Waals surface area contributed by atoms with Crippen molar-refractivity contribution < 1.29 is 8.42 Å². The van der Waals surface area contributed by atoms with Gasteiger partial charge in [-0.15, -0.1) is 0 Å². The van der Waals surface area contributed by atoms with E-state index in [4.69, 9.17) is 0 Å². The fraction of sp³-hybridized carbons (Fsp3) is 0.769. The maximum Gasteiger partial charge on any atom is 0.279 e. The highest BCUT2D eigenvalue weighted by molar-refractivity contribution is 7.87. The van der Waals surface area contributed by atoms with Gasteiger partial charge in [-0.1, -0.05) is 6.92 Å². The Bertz CT molecular complexity index is 535. The molecule has 0 aromatic carbocycles. The van der Waals surface area contributed by atoms with Gasteiger partial charge in [-0.3, -0.25) is 4.68 Å². The van der Waals surface area contributed by atoms with Crippen LogP contribution in [0.2, 0.25) is 0 Å². The lowest BCUT2D eigenvalue weighted by Crippen LogP contribution is -2.45. The van der Waals surface area contributed by atoms with Crippen LogP contribution in [0.1, 0.15) is 25.3 Å². The number of aromatic nitrogens is 2. The standard InChI is InChI=1S/C13H25N5O2S/c1-3-14-8-12-4-6-18(7-5-12)21(19,20)16-10-13-9-15-17(2)11-13/h9,11-12,14,16H,3-8,10H2,1-2H3. The van der Waals surface area contributed by atoms with Gasteiger partial charge < -0.3 is 5.32 Å². The quantitative estimate of drug-likeness (QED) is 0.747. The van der Waals surface area contributed by atoms with Crippen LogP contribution in [0.25, 0.3) is 0 Å². The van der Waals surface area contributed by atoms with Gasteiger partial charge in [0.05, 0.1) is 6.20 Å². The van der Waals surface area contributed by atoms with Crippen molar-refractivity contribution >= 4 is 10.2 Å². The molecule has 0 amide bonds. The smallest absolute Gasteiger partial charge is 0.279 e. The average Bonchev–Trinajstić information content (AvgIpc) is 2.89. The summed E-state index contributed by atoms with van der Waals surface area (Å²) >= 11 is 0. The normalized spacial score (nSPS) is 18.2. The topological polar surface area (TPSA) is 79.3 Å². The third kappa shape index (κ3) is 4.77. The first kappa shape index (κ1) is 16.4. The molecule has 1 aliphatic heterocycles. The van der Waals surface area contributed by atoms with E-state index in [-0.39, 0.29) is 6.54 Å². The molecule has 8 heteroatoms. The molecule has 1 aromatic heterocycles. The maximum absolute atomic E-state index is 12.3. The molecule has 120 valence electrons. The average molecular weight is 315 g/mol. The lowest BCUT2D eigenvalue weighted by atomic mass is 9.98. The van der Waals surface area contributed by atoms with Crippen LogP contribution in [0, 0.1) is 5.92 Å². The molecule has 2 N–H and O–H groups in total. The summed E-state index contributed by atoms with van der Waals surface area (Å²) < 4.78 is 30.4. The highest BCUT2D eigenvalue weighted by Gasteiger charge is 2.27. The van der Waals surface area contributed by atoms with Crippen LogP contribution in [0.4, 0.5) is 0 Å². The second kappa shape index (κ2) is 7.35. The molecule has 0 aliphatic carbocycles. The van der Waals surface area contributed by atoms with Gasteiger partial charge in [0, 0.05) is 38.4 Å². The Morgan fingerprint density at radius 3 is 2.67 bits per heavy atom. The number of hydrogen-bond donors (Lipinski definition) is 2. The van der Waals surface area contributed by atoms with Crippen LogP contribution in [0.5, 0.6) is 0 Å². The van der Waals surface area contributed by atoms with Gasteiger partial charge in [0.2, 0.25) is 0 Å². The summed E-state index contributed by atoms with van der Waals surface area (Å²) in [6.45, 7) is 5.50. The van der Waals surface area contributed by atoms with Crippen molar-refractivity contribution in [1.82, 2.24) is 24.1 Å². The summed E-state index contributed by atoms with van der Waals surface area (Å²) in [5.74, 6) is 0.578. The molecule has 7 nitrogen and oxygen atoms in total. The molecule has 0 atom stereocenters. The lowest BCUT2D eigenvalue weighted by molar-refractivity contribution is 0.266. The van der Waals surface area contributed by atoms with Crippen molar-refractivity contribution in [1.29, 1.82) is 0 Å². The second-order valence-corrected chi connectivity index (χ2v) is 7.25. The van der Waals surface area contributed by atoms with Crippen molar-refractivity contribution in [3.8, 4) is 0 Å². The van der Waals surface area contributed by atoms with E-state index >= 15 is 0 Å². The molecule has 0 radical (unpaired) electrons. The number of rotatable bonds is 7. The van der Waals surface area contributed by atoms with E-state index in [1.165, 1.54) is 0 Å². The molecule has 1 aliphatic rings. The fourth-order valence-corrected chi connectivity index (χ4v) is 3.75. The minimum absolute atomic E-state index is 0.285. The Hall–Kier alpha value is -0.960. The Morgan fingerprint density at radius 2 is 2.10 bits per heavy atom. The van der Waals surface area contributed by atoms with Gasteiger partial charge in [0.15, 0.2) is 0 Å². The molecular formula is C13H25N5O2S. The van der Waals surface area contributed by atoms with E-state index in [2.05, 4.69) is 22.1 Å². The summed E-state index contributed by atoms with van der Waals surface area (Å²) in [6, 6.07) is 0. The Labute approximate surface area is 126 Å². The van der Waals surface area contributed by atoms with Crippen LogP contribution >= 0.6 is 0 Å². The van der Waals surface area contributed by atoms with Crippen molar-refractivity contribution in [3.05, 3.63) is 18.0 Å². The Morgan fingerprint density at radius 1 is 1.38 bits per heavy atom. The molecule has 0 spiro atoms. The van der Waals surface area contributed by atoms with E-state index in [1.807, 2.05) is 13.2 Å². The first-order chi connectivity index (χ1) is 10.0. The number of nitrogens with zero attached hydrogens (tertiary/aromatic N) is 3. The number of nitrogens with one attached hydrogen (secondary N) is 2. The molecule has 1 saturated heterocycles. The predicted octanol–water partition coefficient (Wildman–Crippen LogP) is 0.0760. The van der Waals surface area contributed by atoms with Crippen LogP contribution in [-0.4, -0.2) is 48.7 Å². The Balaban J connectivity index is 1.81. The van der Waals surface area contributed by atoms with Gasteiger partial charge in [0.25, 0.3) is 10.2 Å². The largest absolute Gasteiger partial charge is 0.317 e. The van der Waals surface area contributed by atoms with Crippen molar-refractivity contribution in [3.63, 3.8) is 0 Å². The van der Waals surface area contributed by atoms with Gasteiger partial charge in [-0.25, -0.2) is 0 Å². The molecule has 2 rings (SSSR count). The molecule has 2 heterocycles. The second-order valence-electron chi connectivity index (χ2n) is 5.50. The van der Waals surface area contributed by atoms with Gasteiger partial charge in [-0.05, 0) is 31.8 Å². The minimum atomic E-state index is -3.39.